The third-order valence-electron chi connectivity index (χ3n) is 1.94. The zero-order chi connectivity index (χ0) is 11.3. The molecule has 0 amide bonds. The van der Waals surface area contributed by atoms with Gasteiger partial charge in [-0.25, -0.2) is 4.98 Å². The van der Waals surface area contributed by atoms with Crippen molar-refractivity contribution in [2.75, 3.05) is 12.3 Å². The minimum Gasteiger partial charge on any atom is -0.311 e. The second-order valence-corrected chi connectivity index (χ2v) is 7.36. The molecule has 0 aliphatic carbocycles. The predicted octanol–water partition coefficient (Wildman–Crippen LogP) is 3.07. The lowest BCUT2D eigenvalue weighted by Gasteiger charge is -2.17. The lowest BCUT2D eigenvalue weighted by molar-refractivity contribution is 0.729. The van der Waals surface area contributed by atoms with Crippen molar-refractivity contribution in [3.63, 3.8) is 0 Å². The zero-order valence-electron chi connectivity index (χ0n) is 9.96. The maximum absolute atomic E-state index is 4.23. The Morgan fingerprint density at radius 1 is 1.47 bits per heavy atom. The van der Waals surface area contributed by atoms with Gasteiger partial charge in [0, 0.05) is 28.5 Å². The molecule has 15 heavy (non-hydrogen) atoms. The number of aromatic nitrogens is 1. The molecule has 0 radical (unpaired) electrons. The smallest absolute Gasteiger partial charge is 0.0798 e. The standard InChI is InChI=1S/C11H20N2S2/c1-9-10(14-8-13-9)7-12-5-6-15-11(2,3)4/h8,12H,5-7H2,1-4H3. The topological polar surface area (TPSA) is 24.9 Å². The number of nitrogens with zero attached hydrogens (tertiary/aromatic N) is 1. The lowest BCUT2D eigenvalue weighted by Crippen LogP contribution is -2.19. The molecule has 0 unspecified atom stereocenters. The minimum atomic E-state index is 0.377. The molecule has 0 aliphatic heterocycles. The largest absolute Gasteiger partial charge is 0.311 e. The van der Waals surface area contributed by atoms with Crippen molar-refractivity contribution >= 4 is 23.1 Å². The van der Waals surface area contributed by atoms with Crippen molar-refractivity contribution < 1.29 is 0 Å². The van der Waals surface area contributed by atoms with Crippen LogP contribution in [0.15, 0.2) is 5.51 Å². The van der Waals surface area contributed by atoms with Gasteiger partial charge in [-0.1, -0.05) is 20.8 Å². The Morgan fingerprint density at radius 3 is 2.73 bits per heavy atom. The van der Waals surface area contributed by atoms with Gasteiger partial charge < -0.3 is 5.32 Å². The molecular formula is C11H20N2S2. The van der Waals surface area contributed by atoms with Crippen molar-refractivity contribution in [3.8, 4) is 0 Å². The molecule has 0 aromatic carbocycles. The Kier molecular flexibility index (Phi) is 5.09. The number of aryl methyl sites for hydroxylation is 1. The van der Waals surface area contributed by atoms with Crippen LogP contribution < -0.4 is 5.32 Å². The van der Waals surface area contributed by atoms with Gasteiger partial charge in [0.1, 0.15) is 0 Å². The monoisotopic (exact) mass is 244 g/mol. The molecule has 2 nitrogen and oxygen atoms in total. The normalized spacial score (nSPS) is 12.0. The van der Waals surface area contributed by atoms with Crippen LogP contribution in [0.2, 0.25) is 0 Å². The van der Waals surface area contributed by atoms with Crippen LogP contribution in [0.3, 0.4) is 0 Å². The summed E-state index contributed by atoms with van der Waals surface area (Å²) in [4.78, 5) is 5.59. The molecule has 86 valence electrons. The fraction of sp³-hybridized carbons (Fsp3) is 0.727. The number of rotatable bonds is 5. The molecule has 1 N–H and O–H groups in total. The predicted molar refractivity (Wildman–Crippen MR) is 70.8 cm³/mol. The van der Waals surface area contributed by atoms with Crippen LogP contribution in [-0.4, -0.2) is 22.0 Å². The Bertz CT molecular complexity index is 289. The Balaban J connectivity index is 2.10. The molecule has 1 aromatic heterocycles. The molecule has 1 heterocycles. The number of thiazole rings is 1. The van der Waals surface area contributed by atoms with Gasteiger partial charge in [-0.3, -0.25) is 0 Å². The number of hydrogen-bond acceptors (Lipinski definition) is 4. The summed E-state index contributed by atoms with van der Waals surface area (Å²) in [6.45, 7) is 10.9. The SMILES string of the molecule is Cc1ncsc1CNCCSC(C)(C)C. The summed E-state index contributed by atoms with van der Waals surface area (Å²) >= 11 is 3.73. The molecule has 0 fully saturated rings. The first-order valence-corrected chi connectivity index (χ1v) is 7.09. The molecule has 1 rings (SSSR count). The van der Waals surface area contributed by atoms with Crippen LogP contribution in [0.25, 0.3) is 0 Å². The van der Waals surface area contributed by atoms with Gasteiger partial charge in [-0.2, -0.15) is 11.8 Å². The summed E-state index contributed by atoms with van der Waals surface area (Å²) < 4.78 is 0.377. The molecule has 0 bridgehead atoms. The summed E-state index contributed by atoms with van der Waals surface area (Å²) in [5.41, 5.74) is 3.08. The second kappa shape index (κ2) is 5.87. The first-order chi connectivity index (χ1) is 6.99. The fourth-order valence-electron chi connectivity index (χ4n) is 1.13. The molecule has 4 heteroatoms. The first kappa shape index (κ1) is 13.0. The van der Waals surface area contributed by atoms with Crippen molar-refractivity contribution in [3.05, 3.63) is 16.1 Å². The third-order valence-corrected chi connectivity index (χ3v) is 4.15. The number of thioether (sulfide) groups is 1. The van der Waals surface area contributed by atoms with Crippen LogP contribution in [0.4, 0.5) is 0 Å². The zero-order valence-corrected chi connectivity index (χ0v) is 11.6. The Labute approximate surface area is 101 Å². The summed E-state index contributed by atoms with van der Waals surface area (Å²) in [7, 11) is 0. The molecule has 0 saturated heterocycles. The van der Waals surface area contributed by atoms with Crippen LogP contribution in [0.5, 0.6) is 0 Å². The van der Waals surface area contributed by atoms with E-state index in [1.165, 1.54) is 10.6 Å². The van der Waals surface area contributed by atoms with E-state index in [0.29, 0.717) is 4.75 Å². The summed E-state index contributed by atoms with van der Waals surface area (Å²) in [6, 6.07) is 0. The van der Waals surface area contributed by atoms with Crippen LogP contribution >= 0.6 is 23.1 Å². The van der Waals surface area contributed by atoms with Crippen molar-refractivity contribution in [2.24, 2.45) is 0 Å². The highest BCUT2D eigenvalue weighted by Gasteiger charge is 2.09. The summed E-state index contributed by atoms with van der Waals surface area (Å²) in [5, 5.41) is 3.45. The van der Waals surface area contributed by atoms with E-state index in [2.05, 4.69) is 38.0 Å². The highest BCUT2D eigenvalue weighted by molar-refractivity contribution is 8.00. The highest BCUT2D eigenvalue weighted by Crippen LogP contribution is 2.22. The molecular weight excluding hydrogens is 224 g/mol. The van der Waals surface area contributed by atoms with Gasteiger partial charge in [-0.15, -0.1) is 11.3 Å². The van der Waals surface area contributed by atoms with Crippen molar-refractivity contribution in [2.45, 2.75) is 39.0 Å². The average molecular weight is 244 g/mol. The van der Waals surface area contributed by atoms with Gasteiger partial charge in [0.15, 0.2) is 0 Å². The van der Waals surface area contributed by atoms with Crippen molar-refractivity contribution in [1.29, 1.82) is 0 Å². The number of hydrogen-bond donors (Lipinski definition) is 1. The maximum atomic E-state index is 4.23. The van der Waals surface area contributed by atoms with Gasteiger partial charge in [0.2, 0.25) is 0 Å². The average Bonchev–Trinajstić information content (AvgIpc) is 2.49. The summed E-state index contributed by atoms with van der Waals surface area (Å²) in [6.07, 6.45) is 0. The van der Waals surface area contributed by atoms with Gasteiger partial charge in [0.25, 0.3) is 0 Å². The minimum absolute atomic E-state index is 0.377. The van der Waals surface area contributed by atoms with E-state index in [4.69, 9.17) is 0 Å². The van der Waals surface area contributed by atoms with Crippen molar-refractivity contribution in [1.82, 2.24) is 10.3 Å². The van der Waals surface area contributed by atoms with Crippen LogP contribution in [0, 0.1) is 6.92 Å². The van der Waals surface area contributed by atoms with E-state index in [1.54, 1.807) is 11.3 Å². The van der Waals surface area contributed by atoms with E-state index in [9.17, 15) is 0 Å². The van der Waals surface area contributed by atoms with Gasteiger partial charge in [-0.05, 0) is 6.92 Å². The van der Waals surface area contributed by atoms with E-state index in [-0.39, 0.29) is 0 Å². The number of nitrogens with one attached hydrogen (secondary N) is 1. The summed E-state index contributed by atoms with van der Waals surface area (Å²) in [5.74, 6) is 1.17. The fourth-order valence-corrected chi connectivity index (χ4v) is 2.73. The molecule has 1 aromatic rings. The second-order valence-electron chi connectivity index (χ2n) is 4.50. The van der Waals surface area contributed by atoms with Crippen LogP contribution in [-0.2, 0) is 6.54 Å². The maximum Gasteiger partial charge on any atom is 0.0798 e. The molecule has 0 aliphatic rings. The Hall–Kier alpha value is -0.0600. The molecule has 0 atom stereocenters. The van der Waals surface area contributed by atoms with Gasteiger partial charge >= 0.3 is 0 Å². The highest BCUT2D eigenvalue weighted by atomic mass is 32.2. The Morgan fingerprint density at radius 2 is 2.20 bits per heavy atom. The van der Waals surface area contributed by atoms with E-state index < -0.39 is 0 Å². The lowest BCUT2D eigenvalue weighted by atomic mass is 10.3. The van der Waals surface area contributed by atoms with E-state index >= 15 is 0 Å². The van der Waals surface area contributed by atoms with Crippen LogP contribution in [0.1, 0.15) is 31.3 Å². The molecule has 0 spiro atoms. The van der Waals surface area contributed by atoms with E-state index in [0.717, 1.165) is 18.8 Å². The molecule has 0 saturated carbocycles. The van der Waals surface area contributed by atoms with Gasteiger partial charge in [0.05, 0.1) is 11.2 Å². The first-order valence-electron chi connectivity index (χ1n) is 5.23. The van der Waals surface area contributed by atoms with E-state index in [1.807, 2.05) is 17.3 Å². The third kappa shape index (κ3) is 5.54. The quantitative estimate of drug-likeness (QED) is 0.806.